The van der Waals surface area contributed by atoms with E-state index >= 15 is 0 Å². The van der Waals surface area contributed by atoms with Crippen LogP contribution in [0.5, 0.6) is 0 Å². The van der Waals surface area contributed by atoms with Crippen molar-refractivity contribution in [1.29, 1.82) is 0 Å². The molecule has 6 heteroatoms. The first-order valence-corrected chi connectivity index (χ1v) is 7.08. The van der Waals surface area contributed by atoms with Crippen LogP contribution in [0.25, 0.3) is 5.69 Å². The molecule has 1 aromatic heterocycles. The summed E-state index contributed by atoms with van der Waals surface area (Å²) < 4.78 is 1.57. The summed E-state index contributed by atoms with van der Waals surface area (Å²) in [5.41, 5.74) is 2.23. The number of nitrogens with zero attached hydrogens (tertiary/aromatic N) is 2. The Kier molecular flexibility index (Phi) is 3.48. The zero-order valence-electron chi connectivity index (χ0n) is 9.91. The molecular formula is C13H11Cl3N2O. The number of halogens is 3. The number of rotatable bonds is 3. The Balaban J connectivity index is 2.14. The standard InChI is InChI=1S/C13H11Cl3N2O/c14-8-3-4-11(10(15)5-8)18-13(16)9(6-19)12(17-18)7-1-2-7/h3-5,7,19H,1-2,6H2. The van der Waals surface area contributed by atoms with Crippen LogP contribution in [0.4, 0.5) is 0 Å². The topological polar surface area (TPSA) is 38.1 Å². The van der Waals surface area contributed by atoms with Crippen molar-refractivity contribution in [2.45, 2.75) is 25.4 Å². The zero-order valence-corrected chi connectivity index (χ0v) is 12.2. The van der Waals surface area contributed by atoms with Gasteiger partial charge in [-0.05, 0) is 31.0 Å². The monoisotopic (exact) mass is 316 g/mol. The molecule has 0 atom stereocenters. The highest BCUT2D eigenvalue weighted by molar-refractivity contribution is 6.36. The predicted molar refractivity (Wildman–Crippen MR) is 76.5 cm³/mol. The second-order valence-electron chi connectivity index (χ2n) is 4.59. The van der Waals surface area contributed by atoms with Gasteiger partial charge in [0, 0.05) is 16.5 Å². The molecule has 0 spiro atoms. The van der Waals surface area contributed by atoms with Crippen molar-refractivity contribution in [1.82, 2.24) is 9.78 Å². The summed E-state index contributed by atoms with van der Waals surface area (Å²) in [6.45, 7) is -0.115. The van der Waals surface area contributed by atoms with Gasteiger partial charge < -0.3 is 5.11 Å². The summed E-state index contributed by atoms with van der Waals surface area (Å²) in [6.07, 6.45) is 2.18. The number of hydrogen-bond donors (Lipinski definition) is 1. The quantitative estimate of drug-likeness (QED) is 0.921. The molecule has 0 bridgehead atoms. The molecule has 0 aliphatic heterocycles. The van der Waals surface area contributed by atoms with E-state index in [1.54, 1.807) is 22.9 Å². The lowest BCUT2D eigenvalue weighted by Gasteiger charge is -2.06. The molecule has 1 heterocycles. The van der Waals surface area contributed by atoms with Crippen LogP contribution in [0.15, 0.2) is 18.2 Å². The smallest absolute Gasteiger partial charge is 0.138 e. The Hall–Kier alpha value is -0.740. The van der Waals surface area contributed by atoms with Crippen molar-refractivity contribution in [3.8, 4) is 5.69 Å². The third kappa shape index (κ3) is 2.36. The molecule has 3 rings (SSSR count). The first kappa shape index (κ1) is 13.3. The predicted octanol–water partition coefficient (Wildman–Crippen LogP) is 4.20. The van der Waals surface area contributed by atoms with E-state index in [9.17, 15) is 5.11 Å². The van der Waals surface area contributed by atoms with Gasteiger partial charge in [-0.15, -0.1) is 0 Å². The van der Waals surface area contributed by atoms with Crippen molar-refractivity contribution >= 4 is 34.8 Å². The van der Waals surface area contributed by atoms with E-state index < -0.39 is 0 Å². The van der Waals surface area contributed by atoms with E-state index in [1.807, 2.05) is 0 Å². The second kappa shape index (κ2) is 4.98. The maximum Gasteiger partial charge on any atom is 0.138 e. The van der Waals surface area contributed by atoms with Gasteiger partial charge in [0.05, 0.1) is 23.0 Å². The molecule has 0 amide bonds. The van der Waals surface area contributed by atoms with Crippen LogP contribution >= 0.6 is 34.8 Å². The molecular weight excluding hydrogens is 307 g/mol. The Bertz CT molecular complexity index is 635. The summed E-state index contributed by atoms with van der Waals surface area (Å²) in [7, 11) is 0. The van der Waals surface area contributed by atoms with Crippen molar-refractivity contribution < 1.29 is 5.11 Å². The SMILES string of the molecule is OCc1c(C2CC2)nn(-c2ccc(Cl)cc2Cl)c1Cl. The molecule has 1 aliphatic rings. The van der Waals surface area contributed by atoms with Crippen LogP contribution in [0.3, 0.4) is 0 Å². The molecule has 3 nitrogen and oxygen atoms in total. The van der Waals surface area contributed by atoms with Crippen LogP contribution in [0.1, 0.15) is 30.0 Å². The van der Waals surface area contributed by atoms with Gasteiger partial charge in [-0.2, -0.15) is 5.10 Å². The molecule has 0 radical (unpaired) electrons. The average Bonchev–Trinajstić information content (AvgIpc) is 3.15. The molecule has 2 aromatic rings. The fraction of sp³-hybridized carbons (Fsp3) is 0.308. The minimum atomic E-state index is -0.115. The number of aliphatic hydroxyl groups excluding tert-OH is 1. The van der Waals surface area contributed by atoms with Gasteiger partial charge in [0.15, 0.2) is 0 Å². The van der Waals surface area contributed by atoms with E-state index in [2.05, 4.69) is 5.10 Å². The molecule has 1 saturated carbocycles. The van der Waals surface area contributed by atoms with Crippen LogP contribution in [-0.2, 0) is 6.61 Å². The molecule has 1 aromatic carbocycles. The molecule has 1 fully saturated rings. The van der Waals surface area contributed by atoms with E-state index in [0.29, 0.717) is 32.4 Å². The van der Waals surface area contributed by atoms with Crippen molar-refractivity contribution in [2.24, 2.45) is 0 Å². The number of benzene rings is 1. The van der Waals surface area contributed by atoms with Crippen LogP contribution < -0.4 is 0 Å². The maximum atomic E-state index is 9.46. The summed E-state index contributed by atoms with van der Waals surface area (Å²) in [5, 5.41) is 15.4. The van der Waals surface area contributed by atoms with Crippen LogP contribution in [-0.4, -0.2) is 14.9 Å². The lowest BCUT2D eigenvalue weighted by molar-refractivity contribution is 0.280. The van der Waals surface area contributed by atoms with Crippen LogP contribution in [0, 0.1) is 0 Å². The number of aliphatic hydroxyl groups is 1. The molecule has 0 saturated heterocycles. The highest BCUT2D eigenvalue weighted by atomic mass is 35.5. The Morgan fingerprint density at radius 2 is 2.00 bits per heavy atom. The van der Waals surface area contributed by atoms with Gasteiger partial charge in [0.1, 0.15) is 5.15 Å². The second-order valence-corrected chi connectivity index (χ2v) is 5.80. The minimum Gasteiger partial charge on any atom is -0.391 e. The molecule has 100 valence electrons. The van der Waals surface area contributed by atoms with Gasteiger partial charge in [-0.25, -0.2) is 4.68 Å². The van der Waals surface area contributed by atoms with E-state index in [0.717, 1.165) is 18.5 Å². The Morgan fingerprint density at radius 3 is 2.58 bits per heavy atom. The lowest BCUT2D eigenvalue weighted by Crippen LogP contribution is -1.98. The van der Waals surface area contributed by atoms with Crippen molar-refractivity contribution in [3.63, 3.8) is 0 Å². The lowest BCUT2D eigenvalue weighted by atomic mass is 10.2. The van der Waals surface area contributed by atoms with E-state index in [1.165, 1.54) is 0 Å². The van der Waals surface area contributed by atoms with Crippen molar-refractivity contribution in [2.75, 3.05) is 0 Å². The van der Waals surface area contributed by atoms with E-state index in [-0.39, 0.29) is 6.61 Å². The van der Waals surface area contributed by atoms with Gasteiger partial charge in [-0.1, -0.05) is 34.8 Å². The zero-order chi connectivity index (χ0) is 13.6. The third-order valence-corrected chi connectivity index (χ3v) is 4.14. The molecule has 1 N–H and O–H groups in total. The summed E-state index contributed by atoms with van der Waals surface area (Å²) in [5.74, 6) is 0.409. The van der Waals surface area contributed by atoms with Crippen molar-refractivity contribution in [3.05, 3.63) is 44.7 Å². The fourth-order valence-electron chi connectivity index (χ4n) is 2.09. The van der Waals surface area contributed by atoms with E-state index in [4.69, 9.17) is 34.8 Å². The van der Waals surface area contributed by atoms with Gasteiger partial charge in [0.25, 0.3) is 0 Å². The number of aromatic nitrogens is 2. The fourth-order valence-corrected chi connectivity index (χ4v) is 2.86. The summed E-state index contributed by atoms with van der Waals surface area (Å²) >= 11 is 18.3. The largest absolute Gasteiger partial charge is 0.391 e. The summed E-state index contributed by atoms with van der Waals surface area (Å²) in [4.78, 5) is 0. The first-order valence-electron chi connectivity index (χ1n) is 5.95. The highest BCUT2D eigenvalue weighted by Gasteiger charge is 2.31. The average molecular weight is 318 g/mol. The van der Waals surface area contributed by atoms with Gasteiger partial charge in [-0.3, -0.25) is 0 Å². The van der Waals surface area contributed by atoms with Crippen LogP contribution in [0.2, 0.25) is 15.2 Å². The minimum absolute atomic E-state index is 0.115. The highest BCUT2D eigenvalue weighted by Crippen LogP contribution is 2.43. The van der Waals surface area contributed by atoms with Gasteiger partial charge in [0.2, 0.25) is 0 Å². The molecule has 19 heavy (non-hydrogen) atoms. The molecule has 0 unspecified atom stereocenters. The summed E-state index contributed by atoms with van der Waals surface area (Å²) in [6, 6.07) is 5.14. The number of hydrogen-bond acceptors (Lipinski definition) is 2. The maximum absolute atomic E-state index is 9.46. The first-order chi connectivity index (χ1) is 9.11. The normalized spacial score (nSPS) is 14.9. The Morgan fingerprint density at radius 1 is 1.26 bits per heavy atom. The molecule has 1 aliphatic carbocycles. The third-order valence-electron chi connectivity index (χ3n) is 3.21. The van der Waals surface area contributed by atoms with Gasteiger partial charge >= 0.3 is 0 Å². The Labute approximate surface area is 125 Å².